The third-order valence-electron chi connectivity index (χ3n) is 3.43. The van der Waals surface area contributed by atoms with Gasteiger partial charge >= 0.3 is 0 Å². The number of carbonyl (C=O) groups excluding carboxylic acids is 1. The van der Waals surface area contributed by atoms with E-state index in [4.69, 9.17) is 0 Å². The van der Waals surface area contributed by atoms with E-state index in [1.165, 1.54) is 0 Å². The quantitative estimate of drug-likeness (QED) is 0.675. The van der Waals surface area contributed by atoms with Crippen LogP contribution < -0.4 is 5.32 Å². The number of carbonyl (C=O) groups is 1. The van der Waals surface area contributed by atoms with Crippen LogP contribution in [0.5, 0.6) is 0 Å². The predicted octanol–water partition coefficient (Wildman–Crippen LogP) is 2.65. The molecule has 1 amide bonds. The summed E-state index contributed by atoms with van der Waals surface area (Å²) in [5.41, 5.74) is -0.588. The van der Waals surface area contributed by atoms with Gasteiger partial charge in [-0.15, -0.1) is 0 Å². The molecule has 0 spiro atoms. The topological polar surface area (TPSA) is 72.2 Å². The summed E-state index contributed by atoms with van der Waals surface area (Å²) in [6, 6.07) is 2.92. The molecule has 2 rings (SSSR count). The summed E-state index contributed by atoms with van der Waals surface area (Å²) >= 11 is 0. The van der Waals surface area contributed by atoms with Crippen LogP contribution >= 0.6 is 0 Å². The zero-order valence-corrected chi connectivity index (χ0v) is 10.6. The summed E-state index contributed by atoms with van der Waals surface area (Å²) in [7, 11) is 0. The van der Waals surface area contributed by atoms with Crippen LogP contribution in [0.15, 0.2) is 18.2 Å². The Morgan fingerprint density at radius 3 is 2.79 bits per heavy atom. The van der Waals surface area contributed by atoms with Crippen LogP contribution in [0.25, 0.3) is 0 Å². The molecule has 0 radical (unpaired) electrons. The minimum atomic E-state index is -0.675. The Labute approximate surface area is 110 Å². The Morgan fingerprint density at radius 1 is 1.47 bits per heavy atom. The molecule has 2 atom stereocenters. The van der Waals surface area contributed by atoms with Crippen LogP contribution in [0, 0.1) is 21.8 Å². The summed E-state index contributed by atoms with van der Waals surface area (Å²) in [4.78, 5) is 22.2. The van der Waals surface area contributed by atoms with Crippen LogP contribution in [0.4, 0.5) is 10.1 Å². The molecule has 1 aromatic carbocycles. The monoisotopic (exact) mass is 266 g/mol. The van der Waals surface area contributed by atoms with Crippen LogP contribution in [-0.4, -0.2) is 16.9 Å². The van der Waals surface area contributed by atoms with Gasteiger partial charge in [0.1, 0.15) is 11.4 Å². The zero-order chi connectivity index (χ0) is 14.0. The molecular weight excluding hydrogens is 251 g/mol. The predicted molar refractivity (Wildman–Crippen MR) is 67.3 cm³/mol. The van der Waals surface area contributed by atoms with Crippen LogP contribution in [-0.2, 0) is 0 Å². The molecular formula is C13H15FN2O3. The number of rotatable bonds is 3. The van der Waals surface area contributed by atoms with E-state index in [1.54, 1.807) is 0 Å². The lowest BCUT2D eigenvalue weighted by Crippen LogP contribution is -2.33. The fourth-order valence-electron chi connectivity index (χ4n) is 2.45. The van der Waals surface area contributed by atoms with Crippen molar-refractivity contribution in [1.82, 2.24) is 5.32 Å². The highest BCUT2D eigenvalue weighted by Crippen LogP contribution is 2.26. The van der Waals surface area contributed by atoms with Crippen molar-refractivity contribution in [3.05, 3.63) is 39.7 Å². The molecule has 102 valence electrons. The van der Waals surface area contributed by atoms with E-state index in [9.17, 15) is 19.3 Å². The Bertz CT molecular complexity index is 519. The van der Waals surface area contributed by atoms with Crippen molar-refractivity contribution in [2.75, 3.05) is 0 Å². The molecule has 6 heteroatoms. The van der Waals surface area contributed by atoms with Gasteiger partial charge in [-0.25, -0.2) is 4.39 Å². The highest BCUT2D eigenvalue weighted by molar-refractivity contribution is 5.98. The molecule has 1 aliphatic rings. The molecule has 0 heterocycles. The second-order valence-corrected chi connectivity index (χ2v) is 5.01. The number of nitro benzene ring substituents is 1. The maximum Gasteiger partial charge on any atom is 0.282 e. The molecule has 0 bridgehead atoms. The normalized spacial score (nSPS) is 22.2. The summed E-state index contributed by atoms with van der Waals surface area (Å²) in [6.45, 7) is 2.09. The maximum atomic E-state index is 13.1. The third-order valence-corrected chi connectivity index (χ3v) is 3.43. The Balaban J connectivity index is 2.18. The highest BCUT2D eigenvalue weighted by Gasteiger charge is 2.26. The van der Waals surface area contributed by atoms with E-state index in [0.717, 1.165) is 37.5 Å². The van der Waals surface area contributed by atoms with Gasteiger partial charge in [-0.2, -0.15) is 0 Å². The fourth-order valence-corrected chi connectivity index (χ4v) is 2.45. The van der Waals surface area contributed by atoms with Gasteiger partial charge in [0.25, 0.3) is 11.6 Å². The minimum Gasteiger partial charge on any atom is -0.349 e. The number of nitro groups is 1. The molecule has 0 aliphatic heterocycles. The molecule has 5 nitrogen and oxygen atoms in total. The summed E-state index contributed by atoms with van der Waals surface area (Å²) in [5, 5.41) is 13.6. The molecule has 0 aromatic heterocycles. The van der Waals surface area contributed by atoms with Crippen molar-refractivity contribution >= 4 is 11.6 Å². The lowest BCUT2D eigenvalue weighted by molar-refractivity contribution is -0.385. The van der Waals surface area contributed by atoms with Crippen molar-refractivity contribution in [2.45, 2.75) is 32.2 Å². The first kappa shape index (κ1) is 13.5. The Morgan fingerprint density at radius 2 is 2.21 bits per heavy atom. The average molecular weight is 266 g/mol. The maximum absolute atomic E-state index is 13.1. The largest absolute Gasteiger partial charge is 0.349 e. The smallest absolute Gasteiger partial charge is 0.282 e. The summed E-state index contributed by atoms with van der Waals surface area (Å²) < 4.78 is 13.1. The lowest BCUT2D eigenvalue weighted by atomic mass is 10.1. The van der Waals surface area contributed by atoms with Crippen LogP contribution in [0.2, 0.25) is 0 Å². The van der Waals surface area contributed by atoms with Gasteiger partial charge < -0.3 is 5.32 Å². The molecule has 1 saturated carbocycles. The van der Waals surface area contributed by atoms with Gasteiger partial charge in [0.2, 0.25) is 0 Å². The minimum absolute atomic E-state index is 0.0189. The molecule has 19 heavy (non-hydrogen) atoms. The van der Waals surface area contributed by atoms with E-state index >= 15 is 0 Å². The van der Waals surface area contributed by atoms with Gasteiger partial charge in [-0.3, -0.25) is 14.9 Å². The third kappa shape index (κ3) is 3.07. The molecule has 1 fully saturated rings. The van der Waals surface area contributed by atoms with E-state index in [2.05, 4.69) is 12.2 Å². The highest BCUT2D eigenvalue weighted by atomic mass is 19.1. The molecule has 1 aliphatic carbocycles. The van der Waals surface area contributed by atoms with Crippen LogP contribution in [0.3, 0.4) is 0 Å². The van der Waals surface area contributed by atoms with E-state index in [1.807, 2.05) is 0 Å². The summed E-state index contributed by atoms with van der Waals surface area (Å²) in [5.74, 6) is -0.700. The van der Waals surface area contributed by atoms with Gasteiger partial charge in [0.05, 0.1) is 4.92 Å². The van der Waals surface area contributed by atoms with Gasteiger partial charge in [0, 0.05) is 12.1 Å². The second kappa shape index (κ2) is 5.34. The first-order valence-electron chi connectivity index (χ1n) is 6.22. The zero-order valence-electron chi connectivity index (χ0n) is 10.6. The van der Waals surface area contributed by atoms with Crippen molar-refractivity contribution in [3.8, 4) is 0 Å². The summed E-state index contributed by atoms with van der Waals surface area (Å²) in [6.07, 6.45) is 2.74. The number of nitrogens with one attached hydrogen (secondary N) is 1. The number of amides is 1. The average Bonchev–Trinajstić information content (AvgIpc) is 2.74. The fraction of sp³-hybridized carbons (Fsp3) is 0.462. The standard InChI is InChI=1S/C13H15FN2O3/c1-8-2-4-10(6-8)15-13(17)11-7-9(14)3-5-12(11)16(18)19/h3,5,7-8,10H,2,4,6H2,1H3,(H,15,17). The second-order valence-electron chi connectivity index (χ2n) is 5.01. The molecule has 0 saturated heterocycles. The number of halogens is 1. The van der Waals surface area contributed by atoms with Crippen LogP contribution in [0.1, 0.15) is 36.5 Å². The van der Waals surface area contributed by atoms with Gasteiger partial charge in [-0.05, 0) is 37.3 Å². The van der Waals surface area contributed by atoms with Crippen molar-refractivity contribution in [3.63, 3.8) is 0 Å². The van der Waals surface area contributed by atoms with Crippen molar-refractivity contribution < 1.29 is 14.1 Å². The van der Waals surface area contributed by atoms with Crippen molar-refractivity contribution in [2.24, 2.45) is 5.92 Å². The first-order chi connectivity index (χ1) is 8.97. The Hall–Kier alpha value is -1.98. The number of nitrogens with zero attached hydrogens (tertiary/aromatic N) is 1. The molecule has 1 N–H and O–H groups in total. The first-order valence-corrected chi connectivity index (χ1v) is 6.22. The van der Waals surface area contributed by atoms with E-state index in [-0.39, 0.29) is 17.3 Å². The number of hydrogen-bond donors (Lipinski definition) is 1. The van der Waals surface area contributed by atoms with Gasteiger partial charge in [-0.1, -0.05) is 6.92 Å². The van der Waals surface area contributed by atoms with E-state index < -0.39 is 16.6 Å². The van der Waals surface area contributed by atoms with E-state index in [0.29, 0.717) is 5.92 Å². The Kier molecular flexibility index (Phi) is 3.78. The molecule has 2 unspecified atom stereocenters. The molecule has 1 aromatic rings. The number of hydrogen-bond acceptors (Lipinski definition) is 3. The van der Waals surface area contributed by atoms with Crippen molar-refractivity contribution in [1.29, 1.82) is 0 Å². The number of benzene rings is 1. The lowest BCUT2D eigenvalue weighted by Gasteiger charge is -2.12. The SMILES string of the molecule is CC1CCC(NC(=O)c2cc(F)ccc2[N+](=O)[O-])C1. The van der Waals surface area contributed by atoms with Gasteiger partial charge in [0.15, 0.2) is 0 Å².